The third-order valence-corrected chi connectivity index (χ3v) is 9.73. The first-order valence-electron chi connectivity index (χ1n) is 10.7. The third kappa shape index (κ3) is 7.53. The molecule has 0 aliphatic carbocycles. The normalized spacial score (nSPS) is 11.6. The van der Waals surface area contributed by atoms with Gasteiger partial charge < -0.3 is 9.05 Å². The summed E-state index contributed by atoms with van der Waals surface area (Å²) in [5, 5.41) is 0. The van der Waals surface area contributed by atoms with Crippen LogP contribution in [0.3, 0.4) is 0 Å². The third-order valence-electron chi connectivity index (χ3n) is 4.85. The summed E-state index contributed by atoms with van der Waals surface area (Å²) in [6.45, 7) is 0.837. The van der Waals surface area contributed by atoms with E-state index in [9.17, 15) is 0 Å². The van der Waals surface area contributed by atoms with Crippen LogP contribution >= 0.6 is 17.1 Å². The van der Waals surface area contributed by atoms with Gasteiger partial charge in [0.1, 0.15) is 0 Å². The molecule has 4 aromatic carbocycles. The quantitative estimate of drug-likeness (QED) is 0.164. The first-order chi connectivity index (χ1) is 16.2. The van der Waals surface area contributed by atoms with Gasteiger partial charge >= 0.3 is 0 Å². The van der Waals surface area contributed by atoms with Gasteiger partial charge in [0.2, 0.25) is 0 Å². The van der Waals surface area contributed by atoms with Crippen LogP contribution in [0, 0.1) is 0 Å². The highest BCUT2D eigenvalue weighted by Gasteiger charge is 2.23. The summed E-state index contributed by atoms with van der Waals surface area (Å²) in [7, 11) is 0. The highest BCUT2D eigenvalue weighted by molar-refractivity contribution is 8.67. The fraction of sp³-hybridized carbons (Fsp3) is 0.0714. The molecule has 4 aromatic rings. The average Bonchev–Trinajstić information content (AvgIpc) is 2.88. The first kappa shape index (κ1) is 23.7. The summed E-state index contributed by atoms with van der Waals surface area (Å²) in [6, 6.07) is 38.7. The number of hydrogen-bond acceptors (Lipinski definition) is 4. The fourth-order valence-electron chi connectivity index (χ4n) is 3.12. The smallest absolute Gasteiger partial charge is 0.252 e. The summed E-state index contributed by atoms with van der Waals surface area (Å²) < 4.78 is 12.6. The molecular weight excluding hydrogens is 463 g/mol. The SMILES string of the molecule is S=P(OCc1ccccc1)(OCc1ccccc1)Sc1ccccc1C=Cc1ccccc1. The Morgan fingerprint density at radius 1 is 0.606 bits per heavy atom. The molecule has 0 N–H and O–H groups in total. The Hall–Kier alpha value is -2.46. The van der Waals surface area contributed by atoms with Gasteiger partial charge in [0.05, 0.1) is 13.2 Å². The zero-order valence-corrected chi connectivity index (χ0v) is 20.6. The fourth-order valence-corrected chi connectivity index (χ4v) is 7.43. The van der Waals surface area contributed by atoms with E-state index >= 15 is 0 Å². The van der Waals surface area contributed by atoms with Crippen LogP contribution in [0.2, 0.25) is 0 Å². The van der Waals surface area contributed by atoms with E-state index in [4.69, 9.17) is 20.9 Å². The lowest BCUT2D eigenvalue weighted by molar-refractivity contribution is 0.246. The van der Waals surface area contributed by atoms with Crippen LogP contribution in [0.4, 0.5) is 0 Å². The molecular formula is C28H25O2PS2. The highest BCUT2D eigenvalue weighted by Crippen LogP contribution is 2.65. The van der Waals surface area contributed by atoms with Gasteiger partial charge in [-0.2, -0.15) is 0 Å². The molecule has 0 aliphatic rings. The molecule has 0 amide bonds. The van der Waals surface area contributed by atoms with Gasteiger partial charge in [-0.05, 0) is 51.5 Å². The molecule has 0 bridgehead atoms. The molecule has 2 nitrogen and oxygen atoms in total. The van der Waals surface area contributed by atoms with Crippen molar-refractivity contribution >= 4 is 41.0 Å². The number of hydrogen-bond donors (Lipinski definition) is 0. The number of benzene rings is 4. The maximum Gasteiger partial charge on any atom is 0.252 e. The van der Waals surface area contributed by atoms with Crippen LogP contribution in [-0.2, 0) is 34.1 Å². The molecule has 0 aliphatic heterocycles. The summed E-state index contributed by atoms with van der Waals surface area (Å²) >= 11 is 7.55. The van der Waals surface area contributed by atoms with Gasteiger partial charge in [-0.15, -0.1) is 0 Å². The maximum atomic E-state index is 6.30. The maximum absolute atomic E-state index is 6.30. The van der Waals surface area contributed by atoms with Crippen LogP contribution in [0.5, 0.6) is 0 Å². The van der Waals surface area contributed by atoms with Gasteiger partial charge in [-0.1, -0.05) is 121 Å². The molecule has 0 heterocycles. The Kier molecular flexibility index (Phi) is 8.71. The minimum absolute atomic E-state index is 0.419. The van der Waals surface area contributed by atoms with E-state index in [-0.39, 0.29) is 0 Å². The molecule has 0 atom stereocenters. The van der Waals surface area contributed by atoms with Crippen LogP contribution in [0.25, 0.3) is 12.2 Å². The minimum Gasteiger partial charge on any atom is -0.317 e. The molecule has 0 spiro atoms. The predicted octanol–water partition coefficient (Wildman–Crippen LogP) is 8.61. The van der Waals surface area contributed by atoms with Gasteiger partial charge in [-0.25, -0.2) is 0 Å². The Balaban J connectivity index is 1.55. The molecule has 0 saturated heterocycles. The van der Waals surface area contributed by atoms with Crippen LogP contribution in [-0.4, -0.2) is 0 Å². The van der Waals surface area contributed by atoms with Gasteiger partial charge in [0.25, 0.3) is 5.69 Å². The van der Waals surface area contributed by atoms with Gasteiger partial charge in [0.15, 0.2) is 0 Å². The second kappa shape index (κ2) is 12.1. The lowest BCUT2D eigenvalue weighted by Gasteiger charge is -2.22. The van der Waals surface area contributed by atoms with E-state index in [1.54, 1.807) is 0 Å². The van der Waals surface area contributed by atoms with Crippen LogP contribution in [0.1, 0.15) is 22.3 Å². The molecule has 0 radical (unpaired) electrons. The summed E-state index contributed by atoms with van der Waals surface area (Å²) in [6.07, 6.45) is 4.23. The average molecular weight is 489 g/mol. The van der Waals surface area contributed by atoms with Crippen LogP contribution < -0.4 is 0 Å². The Morgan fingerprint density at radius 3 is 1.67 bits per heavy atom. The van der Waals surface area contributed by atoms with Crippen molar-refractivity contribution in [2.75, 3.05) is 0 Å². The van der Waals surface area contributed by atoms with Crippen molar-refractivity contribution < 1.29 is 9.05 Å². The monoisotopic (exact) mass is 488 g/mol. The van der Waals surface area contributed by atoms with E-state index in [0.29, 0.717) is 13.2 Å². The van der Waals surface area contributed by atoms with E-state index in [0.717, 1.165) is 27.1 Å². The largest absolute Gasteiger partial charge is 0.317 e. The van der Waals surface area contributed by atoms with E-state index < -0.39 is 5.69 Å². The lowest BCUT2D eigenvalue weighted by atomic mass is 10.1. The number of rotatable bonds is 10. The van der Waals surface area contributed by atoms with E-state index in [1.165, 1.54) is 11.4 Å². The Morgan fingerprint density at radius 2 is 1.09 bits per heavy atom. The molecule has 33 heavy (non-hydrogen) atoms. The van der Waals surface area contributed by atoms with Crippen molar-refractivity contribution in [3.63, 3.8) is 0 Å². The molecule has 0 saturated carbocycles. The summed E-state index contributed by atoms with van der Waals surface area (Å²) in [5.41, 5.74) is 1.72. The van der Waals surface area contributed by atoms with Crippen molar-refractivity contribution in [2.24, 2.45) is 0 Å². The van der Waals surface area contributed by atoms with Crippen molar-refractivity contribution in [3.8, 4) is 0 Å². The molecule has 0 fully saturated rings. The molecule has 4 rings (SSSR count). The molecule has 5 heteroatoms. The Labute approximate surface area is 205 Å². The Bertz CT molecular complexity index is 1160. The molecule has 0 aromatic heterocycles. The predicted molar refractivity (Wildman–Crippen MR) is 144 cm³/mol. The van der Waals surface area contributed by atoms with E-state index in [2.05, 4.69) is 36.4 Å². The van der Waals surface area contributed by atoms with Crippen molar-refractivity contribution in [3.05, 3.63) is 138 Å². The van der Waals surface area contributed by atoms with Crippen LogP contribution in [0.15, 0.2) is 120 Å². The minimum atomic E-state index is -2.68. The van der Waals surface area contributed by atoms with Crippen molar-refractivity contribution in [1.29, 1.82) is 0 Å². The second-order valence-electron chi connectivity index (χ2n) is 7.34. The van der Waals surface area contributed by atoms with Crippen molar-refractivity contribution in [2.45, 2.75) is 18.1 Å². The standard InChI is InChI=1S/C28H25O2PS2/c32-31(29-22-25-14-6-2-7-15-25,30-23-26-16-8-3-9-17-26)33-28-19-11-10-18-27(28)21-20-24-12-4-1-5-13-24/h1-21H,22-23H2. The zero-order chi connectivity index (χ0) is 22.8. The molecule has 0 unspecified atom stereocenters. The van der Waals surface area contributed by atoms with E-state index in [1.807, 2.05) is 91.0 Å². The zero-order valence-electron chi connectivity index (χ0n) is 18.1. The highest BCUT2D eigenvalue weighted by atomic mass is 32.9. The summed E-state index contributed by atoms with van der Waals surface area (Å²) in [4.78, 5) is 1.05. The summed E-state index contributed by atoms with van der Waals surface area (Å²) in [5.74, 6) is 0. The van der Waals surface area contributed by atoms with Gasteiger partial charge in [-0.3, -0.25) is 0 Å². The second-order valence-corrected chi connectivity index (χ2v) is 13.5. The van der Waals surface area contributed by atoms with Crippen molar-refractivity contribution in [1.82, 2.24) is 0 Å². The first-order valence-corrected chi connectivity index (χ1v) is 14.7. The molecule has 166 valence electrons. The van der Waals surface area contributed by atoms with Gasteiger partial charge in [0, 0.05) is 4.90 Å². The topological polar surface area (TPSA) is 18.5 Å². The lowest BCUT2D eigenvalue weighted by Crippen LogP contribution is -1.96.